The number of rotatable bonds is 23. The van der Waals surface area contributed by atoms with Crippen molar-refractivity contribution in [3.8, 4) is 0 Å². The van der Waals surface area contributed by atoms with Gasteiger partial charge in [0.15, 0.2) is 17.7 Å². The van der Waals surface area contributed by atoms with E-state index in [4.69, 9.17) is 15.9 Å². The van der Waals surface area contributed by atoms with Crippen molar-refractivity contribution in [3.63, 3.8) is 0 Å². The van der Waals surface area contributed by atoms with E-state index in [9.17, 15) is 63.2 Å². The van der Waals surface area contributed by atoms with Gasteiger partial charge in [0.05, 0.1) is 43.3 Å². The number of nitrogens with two attached hydrogens (primary N) is 1. The Hall–Kier alpha value is -6.44. The fraction of sp³-hybridized carbons (Fsp3) is 0.605. The second kappa shape index (κ2) is 27.4. The number of Topliss-reactive ketones (excluding diaryl/α,β-unsaturated/α-hetero) is 2. The third-order valence-corrected chi connectivity index (χ3v) is 11.2. The Balaban J connectivity index is 1.44. The largest absolute Gasteiger partial charge is 0.481 e. The molecule has 6 amide bonds. The molecule has 24 nitrogen and oxygen atoms in total. The number of aliphatic hydroxyl groups excluding tert-OH is 3. The molecule has 12 N–H and O–H groups in total. The Labute approximate surface area is 390 Å². The quantitative estimate of drug-likeness (QED) is 0.0346. The summed E-state index contributed by atoms with van der Waals surface area (Å²) in [6.07, 6.45) is -6.76. The zero-order valence-electron chi connectivity index (χ0n) is 37.5. The number of nitrogens with zero attached hydrogens (tertiary/aromatic N) is 4. The lowest BCUT2D eigenvalue weighted by Crippen LogP contribution is -2.61. The van der Waals surface area contributed by atoms with Crippen LogP contribution < -0.4 is 32.4 Å². The van der Waals surface area contributed by atoms with Crippen LogP contribution >= 0.6 is 0 Å². The summed E-state index contributed by atoms with van der Waals surface area (Å²) in [7, 11) is 0. The number of amidine groups is 1. The van der Waals surface area contributed by atoms with Crippen molar-refractivity contribution in [3.05, 3.63) is 47.8 Å². The fourth-order valence-electron chi connectivity index (χ4n) is 7.48. The molecule has 2 aliphatic heterocycles. The highest BCUT2D eigenvalue weighted by Gasteiger charge is 2.46. The first kappa shape index (κ1) is 54.2. The van der Waals surface area contributed by atoms with Crippen LogP contribution in [-0.4, -0.2) is 155 Å². The number of hydrogen-bond donors (Lipinski definition) is 11. The zero-order chi connectivity index (χ0) is 49.8. The molecule has 0 saturated carbocycles. The Morgan fingerprint density at radius 3 is 2.28 bits per heavy atom. The number of carbonyl (C=O) groups is 8. The number of aromatic nitrogens is 3. The molecule has 1 aromatic carbocycles. The molecular weight excluding hydrogens is 897 g/mol. The molecule has 2 unspecified atom stereocenters. The first-order valence-corrected chi connectivity index (χ1v) is 22.5. The summed E-state index contributed by atoms with van der Waals surface area (Å²) < 4.78 is 19.5. The number of ether oxygens (including phenoxy) is 1. The number of carboxylic acid groups (broad SMARTS) is 1. The molecule has 3 heterocycles. The summed E-state index contributed by atoms with van der Waals surface area (Å²) in [4.78, 5) is 106. The van der Waals surface area contributed by atoms with Gasteiger partial charge in [0.25, 0.3) is 11.8 Å². The number of ketones is 2. The average Bonchev–Trinajstić information content (AvgIpc) is 3.75. The molecule has 1 aromatic heterocycles. The van der Waals surface area contributed by atoms with Gasteiger partial charge >= 0.3 is 12.0 Å². The van der Waals surface area contributed by atoms with E-state index in [2.05, 4.69) is 37.0 Å². The van der Waals surface area contributed by atoms with Crippen molar-refractivity contribution in [2.75, 3.05) is 13.2 Å². The van der Waals surface area contributed by atoms with Gasteiger partial charge < -0.3 is 52.2 Å². The number of halogens is 1. The maximum atomic E-state index is 14.0. The van der Waals surface area contributed by atoms with Gasteiger partial charge in [0.2, 0.25) is 11.8 Å². The van der Waals surface area contributed by atoms with Crippen LogP contribution in [0.15, 0.2) is 36.5 Å². The fourth-order valence-corrected chi connectivity index (χ4v) is 7.48. The highest BCUT2D eigenvalue weighted by Crippen LogP contribution is 2.25. The van der Waals surface area contributed by atoms with E-state index in [0.717, 1.165) is 5.01 Å². The minimum atomic E-state index is -1.84. The van der Waals surface area contributed by atoms with Crippen molar-refractivity contribution in [1.29, 1.82) is 5.41 Å². The van der Waals surface area contributed by atoms with E-state index >= 15 is 0 Å². The Bertz CT molecular complexity index is 2060. The predicted molar refractivity (Wildman–Crippen MR) is 235 cm³/mol. The summed E-state index contributed by atoms with van der Waals surface area (Å²) in [6.45, 7) is -1.04. The summed E-state index contributed by atoms with van der Waals surface area (Å²) in [5, 5.41) is 67.6. The Morgan fingerprint density at radius 2 is 1.57 bits per heavy atom. The number of hydrogen-bond acceptors (Lipinski definition) is 15. The Morgan fingerprint density at radius 1 is 0.853 bits per heavy atom. The Kier molecular flexibility index (Phi) is 21.8. The maximum Gasteiger partial charge on any atom is 0.337 e. The molecule has 0 spiro atoms. The minimum Gasteiger partial charge on any atom is -0.481 e. The van der Waals surface area contributed by atoms with Crippen LogP contribution in [0.1, 0.15) is 94.7 Å². The molecule has 2 fully saturated rings. The number of carboxylic acids is 1. The smallest absolute Gasteiger partial charge is 0.337 e. The second-order valence-corrected chi connectivity index (χ2v) is 16.7. The monoisotopic (exact) mass is 958 g/mol. The van der Waals surface area contributed by atoms with E-state index in [1.807, 2.05) is 0 Å². The molecule has 2 aromatic rings. The molecule has 0 radical (unpaired) electrons. The third kappa shape index (κ3) is 17.7. The number of alkyl halides is 1. The van der Waals surface area contributed by atoms with Gasteiger partial charge in [-0.3, -0.25) is 48.8 Å². The number of aryl methyl sites for hydroxylation is 1. The summed E-state index contributed by atoms with van der Waals surface area (Å²) in [6, 6.07) is 3.16. The van der Waals surface area contributed by atoms with Gasteiger partial charge in [-0.1, -0.05) is 42.0 Å². The molecule has 25 heteroatoms. The van der Waals surface area contributed by atoms with Crippen LogP contribution in [0.3, 0.4) is 0 Å². The van der Waals surface area contributed by atoms with E-state index in [1.54, 1.807) is 30.3 Å². The van der Waals surface area contributed by atoms with E-state index in [1.165, 1.54) is 10.9 Å². The van der Waals surface area contributed by atoms with Crippen LogP contribution in [0, 0.1) is 5.41 Å². The van der Waals surface area contributed by atoms with E-state index < -0.39 is 116 Å². The number of carbonyl (C=O) groups excluding carboxylic acids is 7. The standard InChI is InChI=1S/C43H62FN11O13/c44-19-8-11-26-23-54(53-51-26)24-27(56)15-17-32-36(61)37(62)38(63)39(68-32)42(66)47-20-7-6-13-29-40(64)49-28(12-4-5-14-33(45)46)31(57)16-18-34(58)48-30(21-35(59)60)41(65)52-55(43(67)50-29)22-25-9-2-1-3-10-25/h1-3,9-10,23,28-30,32,36-39,61-63H,4-8,11-22,24H2,(H3,45,46)(H,47,66)(H,48,58)(H,49,64)(H,50,67)(H,52,65)(H,59,60)/t28-,29-,30-,32+,36+,37?,38-,39?/m0/s1/i44-1. The van der Waals surface area contributed by atoms with Gasteiger partial charge in [0.1, 0.15) is 36.9 Å². The normalized spacial score (nSPS) is 24.1. The number of nitrogens with one attached hydrogen (secondary N) is 6. The predicted octanol–water partition coefficient (Wildman–Crippen LogP) is -1.42. The van der Waals surface area contributed by atoms with Crippen molar-refractivity contribution in [2.24, 2.45) is 5.73 Å². The molecule has 68 heavy (non-hydrogen) atoms. The van der Waals surface area contributed by atoms with Crippen LogP contribution in [-0.2, 0) is 57.8 Å². The van der Waals surface area contributed by atoms with Crippen molar-refractivity contribution >= 4 is 53.0 Å². The van der Waals surface area contributed by atoms with Gasteiger partial charge in [-0.05, 0) is 56.9 Å². The highest BCUT2D eigenvalue weighted by molar-refractivity contribution is 5.96. The van der Waals surface area contributed by atoms with Crippen molar-refractivity contribution in [1.82, 2.24) is 46.7 Å². The molecule has 2 saturated heterocycles. The number of hydrazine groups is 1. The molecule has 2 aliphatic rings. The first-order valence-electron chi connectivity index (χ1n) is 22.5. The summed E-state index contributed by atoms with van der Waals surface area (Å²) in [5.41, 5.74) is 8.86. The lowest BCUT2D eigenvalue weighted by atomic mass is 9.91. The van der Waals surface area contributed by atoms with Gasteiger partial charge in [0, 0.05) is 38.4 Å². The van der Waals surface area contributed by atoms with Crippen molar-refractivity contribution < 1.29 is 67.9 Å². The summed E-state index contributed by atoms with van der Waals surface area (Å²) in [5.74, 6) is -5.95. The lowest BCUT2D eigenvalue weighted by Gasteiger charge is -2.40. The van der Waals surface area contributed by atoms with Crippen LogP contribution in [0.25, 0.3) is 0 Å². The molecule has 8 atom stereocenters. The molecule has 0 aliphatic carbocycles. The lowest BCUT2D eigenvalue weighted by molar-refractivity contribution is -0.221. The number of amides is 6. The van der Waals surface area contributed by atoms with Crippen LogP contribution in [0.5, 0.6) is 0 Å². The third-order valence-electron chi connectivity index (χ3n) is 11.2. The van der Waals surface area contributed by atoms with Gasteiger partial charge in [-0.25, -0.2) is 14.5 Å². The SMILES string of the molecule is N=C(N)CCCC[C@@H]1NC(=O)[C@H](CCCCNC(=O)C2O[C@H](CCC(=O)Cn3cc(CCC[18F])nn3)[C@@H](O)C(O)[C@@H]2O)NC(=O)N(Cc2ccccc2)NC(=O)[C@H](CC(=O)O)NC(=O)CCC1=O. The van der Waals surface area contributed by atoms with Gasteiger partial charge in [-0.2, -0.15) is 0 Å². The average molecular weight is 959 g/mol. The highest BCUT2D eigenvalue weighted by atomic mass is 18.2. The number of unbranched alkanes of at least 4 members (excludes halogenated alkanes) is 2. The van der Waals surface area contributed by atoms with Crippen LogP contribution in [0.2, 0.25) is 0 Å². The molecular formula is C43H62FN11O13. The first-order chi connectivity index (χ1) is 32.4. The summed E-state index contributed by atoms with van der Waals surface area (Å²) >= 11 is 0. The molecule has 4 rings (SSSR count). The van der Waals surface area contributed by atoms with Gasteiger partial charge in [-0.15, -0.1) is 5.10 Å². The zero-order valence-corrected chi connectivity index (χ0v) is 37.5. The molecule has 374 valence electrons. The van der Waals surface area contributed by atoms with Crippen LogP contribution in [0.4, 0.5) is 9.18 Å². The molecule has 0 bridgehead atoms. The number of benzene rings is 1. The van der Waals surface area contributed by atoms with Crippen molar-refractivity contribution in [2.45, 2.75) is 152 Å². The number of aliphatic carboxylic acids is 1. The second-order valence-electron chi connectivity index (χ2n) is 16.7. The topological polar surface area (TPSA) is 371 Å². The number of aliphatic hydroxyl groups is 3. The van der Waals surface area contributed by atoms with E-state index in [-0.39, 0.29) is 82.6 Å². The minimum absolute atomic E-state index is 0.0693. The maximum absolute atomic E-state index is 14.0. The van der Waals surface area contributed by atoms with E-state index in [0.29, 0.717) is 30.5 Å². The number of urea groups is 1.